The highest BCUT2D eigenvalue weighted by Crippen LogP contribution is 2.24. The molecule has 19 heavy (non-hydrogen) atoms. The van der Waals surface area contributed by atoms with Gasteiger partial charge in [0.15, 0.2) is 0 Å². The van der Waals surface area contributed by atoms with Gasteiger partial charge in [0.2, 0.25) is 5.88 Å². The van der Waals surface area contributed by atoms with Gasteiger partial charge in [-0.2, -0.15) is 5.10 Å². The molecule has 5 nitrogen and oxygen atoms in total. The van der Waals surface area contributed by atoms with Gasteiger partial charge in [-0.3, -0.25) is 5.10 Å². The summed E-state index contributed by atoms with van der Waals surface area (Å²) in [6, 6.07) is 12.7. The van der Waals surface area contributed by atoms with E-state index in [4.69, 9.17) is 9.84 Å². The van der Waals surface area contributed by atoms with Gasteiger partial charge in [-0.25, -0.2) is 4.98 Å². The lowest BCUT2D eigenvalue weighted by Gasteiger charge is -2.05. The third kappa shape index (κ3) is 2.55. The van der Waals surface area contributed by atoms with Gasteiger partial charge in [-0.1, -0.05) is 0 Å². The molecule has 0 bridgehead atoms. The number of pyridine rings is 1. The first kappa shape index (κ1) is 11.3. The second-order valence-corrected chi connectivity index (χ2v) is 3.95. The first-order valence-electron chi connectivity index (χ1n) is 5.74. The van der Waals surface area contributed by atoms with Crippen LogP contribution in [0, 0.1) is 0 Å². The summed E-state index contributed by atoms with van der Waals surface area (Å²) in [7, 11) is 0. The van der Waals surface area contributed by atoms with Crippen LogP contribution >= 0.6 is 0 Å². The maximum absolute atomic E-state index is 9.09. The van der Waals surface area contributed by atoms with E-state index in [1.807, 2.05) is 30.3 Å². The van der Waals surface area contributed by atoms with E-state index >= 15 is 0 Å². The van der Waals surface area contributed by atoms with Crippen LogP contribution in [-0.2, 0) is 0 Å². The van der Waals surface area contributed by atoms with Crippen molar-refractivity contribution in [2.24, 2.45) is 0 Å². The van der Waals surface area contributed by atoms with E-state index in [1.54, 1.807) is 12.3 Å². The molecule has 0 aliphatic heterocycles. The van der Waals surface area contributed by atoms with Crippen molar-refractivity contribution >= 4 is 0 Å². The first-order chi connectivity index (χ1) is 9.31. The number of rotatable bonds is 3. The minimum absolute atomic E-state index is 0.0260. The zero-order chi connectivity index (χ0) is 13.1. The Morgan fingerprint density at radius 2 is 1.74 bits per heavy atom. The topological polar surface area (TPSA) is 71.0 Å². The molecule has 2 heterocycles. The highest BCUT2D eigenvalue weighted by Gasteiger charge is 2.01. The SMILES string of the molecule is Oc1ccc(Oc2ccc(-c3ccn[nH]3)cc2)cn1. The maximum Gasteiger partial charge on any atom is 0.210 e. The first-order valence-corrected chi connectivity index (χ1v) is 5.74. The van der Waals surface area contributed by atoms with Crippen LogP contribution in [-0.4, -0.2) is 20.3 Å². The van der Waals surface area contributed by atoms with Crippen molar-refractivity contribution in [1.29, 1.82) is 0 Å². The molecule has 0 unspecified atom stereocenters. The predicted molar refractivity (Wildman–Crippen MR) is 70.0 cm³/mol. The molecule has 0 atom stereocenters. The molecule has 5 heteroatoms. The number of H-pyrrole nitrogens is 1. The molecule has 94 valence electrons. The lowest BCUT2D eigenvalue weighted by atomic mass is 10.1. The average molecular weight is 253 g/mol. The van der Waals surface area contributed by atoms with Gasteiger partial charge in [-0.05, 0) is 42.0 Å². The van der Waals surface area contributed by atoms with Gasteiger partial charge in [0.1, 0.15) is 11.5 Å². The van der Waals surface area contributed by atoms with Crippen LogP contribution in [0.25, 0.3) is 11.3 Å². The third-order valence-electron chi connectivity index (χ3n) is 2.62. The Bertz CT molecular complexity index is 646. The summed E-state index contributed by atoms with van der Waals surface area (Å²) in [6.07, 6.45) is 3.18. The highest BCUT2D eigenvalue weighted by molar-refractivity contribution is 5.59. The van der Waals surface area contributed by atoms with Gasteiger partial charge in [0.25, 0.3) is 0 Å². The fourth-order valence-electron chi connectivity index (χ4n) is 1.69. The van der Waals surface area contributed by atoms with Crippen LogP contribution in [0.1, 0.15) is 0 Å². The molecule has 0 radical (unpaired) electrons. The molecule has 2 aromatic heterocycles. The lowest BCUT2D eigenvalue weighted by molar-refractivity contribution is 0.443. The van der Waals surface area contributed by atoms with Crippen molar-refractivity contribution in [3.63, 3.8) is 0 Å². The summed E-state index contributed by atoms with van der Waals surface area (Å²) < 4.78 is 5.61. The molecule has 0 saturated heterocycles. The summed E-state index contributed by atoms with van der Waals surface area (Å²) in [5.41, 5.74) is 1.99. The molecule has 0 aliphatic carbocycles. The Labute approximate surface area is 109 Å². The van der Waals surface area contributed by atoms with Gasteiger partial charge in [0, 0.05) is 12.3 Å². The fourth-order valence-corrected chi connectivity index (χ4v) is 1.69. The summed E-state index contributed by atoms with van der Waals surface area (Å²) >= 11 is 0. The van der Waals surface area contributed by atoms with Crippen LogP contribution < -0.4 is 4.74 Å². The van der Waals surface area contributed by atoms with Crippen molar-refractivity contribution in [2.45, 2.75) is 0 Å². The van der Waals surface area contributed by atoms with Crippen molar-refractivity contribution in [2.75, 3.05) is 0 Å². The molecule has 2 N–H and O–H groups in total. The van der Waals surface area contributed by atoms with Gasteiger partial charge < -0.3 is 9.84 Å². The number of aromatic hydroxyl groups is 1. The number of nitrogens with one attached hydrogen (secondary N) is 1. The quantitative estimate of drug-likeness (QED) is 0.752. The van der Waals surface area contributed by atoms with Crippen LogP contribution in [0.15, 0.2) is 54.9 Å². The maximum atomic E-state index is 9.09. The minimum atomic E-state index is -0.0260. The van der Waals surface area contributed by atoms with Crippen molar-refractivity contribution in [3.8, 4) is 28.6 Å². The zero-order valence-electron chi connectivity index (χ0n) is 9.95. The molecule has 1 aromatic carbocycles. The van der Waals surface area contributed by atoms with Gasteiger partial charge in [-0.15, -0.1) is 0 Å². The van der Waals surface area contributed by atoms with Crippen LogP contribution in [0.5, 0.6) is 17.4 Å². The van der Waals surface area contributed by atoms with E-state index in [0.29, 0.717) is 11.5 Å². The van der Waals surface area contributed by atoms with E-state index < -0.39 is 0 Å². The van der Waals surface area contributed by atoms with E-state index in [0.717, 1.165) is 11.3 Å². The molecule has 3 aromatic rings. The fraction of sp³-hybridized carbons (Fsp3) is 0. The number of aromatic nitrogens is 3. The standard InChI is InChI=1S/C14H11N3O2/c18-14-6-5-12(9-15-14)19-11-3-1-10(2-4-11)13-7-8-16-17-13/h1-9H,(H,15,18)(H,16,17). The molecular formula is C14H11N3O2. The van der Waals surface area contributed by atoms with E-state index in [9.17, 15) is 0 Å². The molecular weight excluding hydrogens is 242 g/mol. The number of aromatic amines is 1. The number of nitrogens with zero attached hydrogens (tertiary/aromatic N) is 2. The summed E-state index contributed by atoms with van der Waals surface area (Å²) in [4.78, 5) is 3.75. The number of ether oxygens (including phenoxy) is 1. The van der Waals surface area contributed by atoms with Crippen LogP contribution in [0.4, 0.5) is 0 Å². The number of benzene rings is 1. The molecule has 0 amide bonds. The Kier molecular flexibility index (Phi) is 2.86. The Morgan fingerprint density at radius 3 is 2.37 bits per heavy atom. The Hall–Kier alpha value is -2.82. The van der Waals surface area contributed by atoms with E-state index in [1.165, 1.54) is 12.3 Å². The minimum Gasteiger partial charge on any atom is -0.493 e. The van der Waals surface area contributed by atoms with E-state index in [2.05, 4.69) is 15.2 Å². The second-order valence-electron chi connectivity index (χ2n) is 3.95. The highest BCUT2D eigenvalue weighted by atomic mass is 16.5. The second kappa shape index (κ2) is 4.81. The van der Waals surface area contributed by atoms with E-state index in [-0.39, 0.29) is 5.88 Å². The van der Waals surface area contributed by atoms with Crippen LogP contribution in [0.3, 0.4) is 0 Å². The monoisotopic (exact) mass is 253 g/mol. The smallest absolute Gasteiger partial charge is 0.210 e. The molecule has 0 saturated carbocycles. The summed E-state index contributed by atoms with van der Waals surface area (Å²) in [5.74, 6) is 1.25. The Balaban J connectivity index is 1.77. The lowest BCUT2D eigenvalue weighted by Crippen LogP contribution is -1.85. The summed E-state index contributed by atoms with van der Waals surface area (Å²) in [6.45, 7) is 0. The molecule has 0 aliphatic rings. The Morgan fingerprint density at radius 1 is 0.947 bits per heavy atom. The molecule has 0 fully saturated rings. The average Bonchev–Trinajstić information content (AvgIpc) is 2.96. The molecule has 0 spiro atoms. The predicted octanol–water partition coefficient (Wildman–Crippen LogP) is 2.97. The summed E-state index contributed by atoms with van der Waals surface area (Å²) in [5, 5.41) is 15.9. The number of hydrogen-bond acceptors (Lipinski definition) is 4. The van der Waals surface area contributed by atoms with Crippen molar-refractivity contribution in [3.05, 3.63) is 54.9 Å². The van der Waals surface area contributed by atoms with Crippen molar-refractivity contribution < 1.29 is 9.84 Å². The zero-order valence-corrected chi connectivity index (χ0v) is 9.95. The molecule has 3 rings (SSSR count). The van der Waals surface area contributed by atoms with Gasteiger partial charge >= 0.3 is 0 Å². The van der Waals surface area contributed by atoms with Crippen LogP contribution in [0.2, 0.25) is 0 Å². The van der Waals surface area contributed by atoms with Gasteiger partial charge in [0.05, 0.1) is 11.9 Å². The largest absolute Gasteiger partial charge is 0.493 e. The normalized spacial score (nSPS) is 10.3. The number of hydrogen-bond donors (Lipinski definition) is 2. The van der Waals surface area contributed by atoms with Crippen molar-refractivity contribution in [1.82, 2.24) is 15.2 Å². The third-order valence-corrected chi connectivity index (χ3v) is 2.62.